The molecular formula is C27H36ClN3O2S. The number of nitrogens with zero attached hydrogens (tertiary/aromatic N) is 1. The first-order valence-corrected chi connectivity index (χ1v) is 12.5. The predicted octanol–water partition coefficient (Wildman–Crippen LogP) is 5.16. The van der Waals surface area contributed by atoms with Crippen molar-refractivity contribution < 1.29 is 9.47 Å². The molecule has 0 spiro atoms. The lowest BCUT2D eigenvalue weighted by molar-refractivity contribution is 0.134. The smallest absolute Gasteiger partial charge is 0.231 e. The monoisotopic (exact) mass is 501 g/mol. The van der Waals surface area contributed by atoms with E-state index in [-0.39, 0.29) is 23.4 Å². The summed E-state index contributed by atoms with van der Waals surface area (Å²) in [6.45, 7) is 8.83. The Kier molecular flexibility index (Phi) is 7.32. The minimum atomic E-state index is -0.0400. The van der Waals surface area contributed by atoms with Crippen LogP contribution >= 0.6 is 24.6 Å². The van der Waals surface area contributed by atoms with Crippen LogP contribution in [0, 0.1) is 0 Å². The zero-order valence-corrected chi connectivity index (χ0v) is 21.9. The Bertz CT molecular complexity index is 1010. The minimum Gasteiger partial charge on any atom is -0.454 e. The van der Waals surface area contributed by atoms with Gasteiger partial charge in [-0.3, -0.25) is 4.90 Å². The SMILES string of the molecule is CC(C)(C)NC(=S)N[C@H]1CC[C@@]2(c3ccc4c(c3)OCO4)CCN(Cc3ccccc3)[C@H]2C1.Cl. The second-order valence-corrected chi connectivity index (χ2v) is 11.2. The fraction of sp³-hybridized carbons (Fsp3) is 0.519. The number of hydrogen-bond acceptors (Lipinski definition) is 4. The summed E-state index contributed by atoms with van der Waals surface area (Å²) < 4.78 is 11.3. The van der Waals surface area contributed by atoms with Crippen molar-refractivity contribution in [3.63, 3.8) is 0 Å². The highest BCUT2D eigenvalue weighted by Gasteiger charge is 2.51. The molecule has 0 amide bonds. The van der Waals surface area contributed by atoms with Crippen LogP contribution in [0.3, 0.4) is 0 Å². The molecule has 5 rings (SSSR count). The number of nitrogens with one attached hydrogen (secondary N) is 2. The van der Waals surface area contributed by atoms with Crippen LogP contribution in [-0.4, -0.2) is 41.0 Å². The first-order valence-electron chi connectivity index (χ1n) is 12.1. The molecule has 2 aliphatic heterocycles. The van der Waals surface area contributed by atoms with Crippen molar-refractivity contribution in [1.82, 2.24) is 15.5 Å². The quantitative estimate of drug-likeness (QED) is 0.564. The summed E-state index contributed by atoms with van der Waals surface area (Å²) in [5.41, 5.74) is 2.86. The van der Waals surface area contributed by atoms with Gasteiger partial charge >= 0.3 is 0 Å². The normalized spacial score (nSPS) is 25.9. The average Bonchev–Trinajstić information content (AvgIpc) is 3.38. The first-order chi connectivity index (χ1) is 15.8. The van der Waals surface area contributed by atoms with Crippen LogP contribution in [0.4, 0.5) is 0 Å². The molecule has 3 aliphatic rings. The third-order valence-corrected chi connectivity index (χ3v) is 7.59. The molecular weight excluding hydrogens is 466 g/mol. The number of thiocarbonyl (C=S) groups is 1. The average molecular weight is 502 g/mol. The molecule has 34 heavy (non-hydrogen) atoms. The second-order valence-electron chi connectivity index (χ2n) is 10.8. The van der Waals surface area contributed by atoms with Gasteiger partial charge in [0.25, 0.3) is 0 Å². The topological polar surface area (TPSA) is 45.8 Å². The molecule has 1 saturated heterocycles. The van der Waals surface area contributed by atoms with Gasteiger partial charge in [0, 0.05) is 29.6 Å². The van der Waals surface area contributed by atoms with Gasteiger partial charge < -0.3 is 20.1 Å². The minimum absolute atomic E-state index is 0. The summed E-state index contributed by atoms with van der Waals surface area (Å²) in [4.78, 5) is 2.69. The Labute approximate surface area is 215 Å². The van der Waals surface area contributed by atoms with Crippen LogP contribution in [0.2, 0.25) is 0 Å². The highest BCUT2D eigenvalue weighted by Crippen LogP contribution is 2.51. The third-order valence-electron chi connectivity index (χ3n) is 7.37. The van der Waals surface area contributed by atoms with Crippen molar-refractivity contribution in [2.45, 2.75) is 76.0 Å². The van der Waals surface area contributed by atoms with Crippen LogP contribution in [-0.2, 0) is 12.0 Å². The lowest BCUT2D eigenvalue weighted by Crippen LogP contribution is -2.55. The Morgan fingerprint density at radius 3 is 2.62 bits per heavy atom. The van der Waals surface area contributed by atoms with Crippen molar-refractivity contribution in [3.05, 3.63) is 59.7 Å². The summed E-state index contributed by atoms with van der Waals surface area (Å²) in [7, 11) is 0. The zero-order chi connectivity index (χ0) is 23.1. The van der Waals surface area contributed by atoms with Gasteiger partial charge in [-0.25, -0.2) is 0 Å². The molecule has 2 fully saturated rings. The van der Waals surface area contributed by atoms with Crippen LogP contribution in [0.5, 0.6) is 11.5 Å². The van der Waals surface area contributed by atoms with Crippen LogP contribution in [0.25, 0.3) is 0 Å². The molecule has 1 aliphatic carbocycles. The molecule has 0 radical (unpaired) electrons. The number of halogens is 1. The lowest BCUT2D eigenvalue weighted by atomic mass is 9.65. The standard InChI is InChI=1S/C27H35N3O2S.ClH/c1-26(2,3)29-25(33)28-21-11-12-27(20-9-10-22-23(15-20)32-18-31-22)13-14-30(24(27)16-21)17-19-7-5-4-6-8-19;/h4-10,15,21,24H,11-14,16-18H2,1-3H3,(H2,28,29,33);1H/t21-,24-,27-;/m0./s1. The second kappa shape index (κ2) is 9.92. The summed E-state index contributed by atoms with van der Waals surface area (Å²) in [6.07, 6.45) is 4.49. The summed E-state index contributed by atoms with van der Waals surface area (Å²) in [5, 5.41) is 7.81. The van der Waals surface area contributed by atoms with Crippen molar-refractivity contribution in [2.24, 2.45) is 0 Å². The third kappa shape index (κ3) is 5.14. The van der Waals surface area contributed by atoms with Gasteiger partial charge in [0.2, 0.25) is 6.79 Å². The molecule has 5 nitrogen and oxygen atoms in total. The van der Waals surface area contributed by atoms with Gasteiger partial charge in [0.1, 0.15) is 0 Å². The fourth-order valence-electron chi connectivity index (χ4n) is 5.89. The predicted molar refractivity (Wildman–Crippen MR) is 143 cm³/mol. The van der Waals surface area contributed by atoms with Crippen LogP contribution in [0.1, 0.15) is 57.6 Å². The number of hydrogen-bond donors (Lipinski definition) is 2. The van der Waals surface area contributed by atoms with E-state index < -0.39 is 0 Å². The largest absolute Gasteiger partial charge is 0.454 e. The fourth-order valence-corrected chi connectivity index (χ4v) is 6.36. The van der Waals surface area contributed by atoms with E-state index in [1.165, 1.54) is 17.5 Å². The van der Waals surface area contributed by atoms with Crippen molar-refractivity contribution >= 4 is 29.7 Å². The van der Waals surface area contributed by atoms with Gasteiger partial charge in [-0.05, 0) is 88.5 Å². The molecule has 0 unspecified atom stereocenters. The highest BCUT2D eigenvalue weighted by atomic mass is 35.5. The zero-order valence-electron chi connectivity index (χ0n) is 20.3. The Balaban J connectivity index is 0.00000274. The van der Waals surface area contributed by atoms with Gasteiger partial charge in [0.15, 0.2) is 16.6 Å². The molecule has 2 aromatic rings. The molecule has 184 valence electrons. The summed E-state index contributed by atoms with van der Waals surface area (Å²) in [5.74, 6) is 1.75. The van der Waals surface area contributed by atoms with Crippen LogP contribution in [0.15, 0.2) is 48.5 Å². The van der Waals surface area contributed by atoms with Gasteiger partial charge in [-0.1, -0.05) is 36.4 Å². The molecule has 7 heteroatoms. The maximum Gasteiger partial charge on any atom is 0.231 e. The van der Waals surface area contributed by atoms with Crippen molar-refractivity contribution in [1.29, 1.82) is 0 Å². The van der Waals surface area contributed by atoms with E-state index in [1.54, 1.807) is 0 Å². The summed E-state index contributed by atoms with van der Waals surface area (Å²) in [6, 6.07) is 18.3. The van der Waals surface area contributed by atoms with E-state index in [0.29, 0.717) is 18.9 Å². The first kappa shape index (κ1) is 25.1. The van der Waals surface area contributed by atoms with E-state index in [0.717, 1.165) is 49.0 Å². The molecule has 2 aromatic carbocycles. The van der Waals surface area contributed by atoms with E-state index in [4.69, 9.17) is 21.7 Å². The highest BCUT2D eigenvalue weighted by molar-refractivity contribution is 7.80. The molecule has 1 saturated carbocycles. The Morgan fingerprint density at radius 2 is 1.85 bits per heavy atom. The van der Waals surface area contributed by atoms with Gasteiger partial charge in [-0.2, -0.15) is 0 Å². The van der Waals surface area contributed by atoms with Crippen LogP contribution < -0.4 is 20.1 Å². The van der Waals surface area contributed by atoms with Crippen molar-refractivity contribution in [2.75, 3.05) is 13.3 Å². The van der Waals surface area contributed by atoms with E-state index in [2.05, 4.69) is 84.8 Å². The molecule has 0 bridgehead atoms. The molecule has 2 heterocycles. The van der Waals surface area contributed by atoms with E-state index in [9.17, 15) is 0 Å². The van der Waals surface area contributed by atoms with Gasteiger partial charge in [0.05, 0.1) is 0 Å². The van der Waals surface area contributed by atoms with Gasteiger partial charge in [-0.15, -0.1) is 12.4 Å². The van der Waals surface area contributed by atoms with E-state index >= 15 is 0 Å². The number of likely N-dealkylation sites (tertiary alicyclic amines) is 1. The number of ether oxygens (including phenoxy) is 2. The summed E-state index contributed by atoms with van der Waals surface area (Å²) >= 11 is 5.65. The Morgan fingerprint density at radius 1 is 1.09 bits per heavy atom. The van der Waals surface area contributed by atoms with Crippen molar-refractivity contribution in [3.8, 4) is 11.5 Å². The maximum absolute atomic E-state index is 5.74. The number of benzene rings is 2. The molecule has 3 atom stereocenters. The number of fused-ring (bicyclic) bond motifs is 2. The number of rotatable bonds is 4. The van der Waals surface area contributed by atoms with E-state index in [1.807, 2.05) is 0 Å². The Hall–Kier alpha value is -2.02. The molecule has 2 N–H and O–H groups in total. The maximum atomic E-state index is 5.74. The molecule has 0 aromatic heterocycles. The lowest BCUT2D eigenvalue weighted by Gasteiger charge is -2.46.